The molecule has 0 bridgehead atoms. The molecule has 0 aliphatic carbocycles. The van der Waals surface area contributed by atoms with E-state index in [0.717, 1.165) is 0 Å². The smallest absolute Gasteiger partial charge is 0.238 e. The van der Waals surface area contributed by atoms with Gasteiger partial charge >= 0.3 is 0 Å². The summed E-state index contributed by atoms with van der Waals surface area (Å²) in [6.45, 7) is 0. The van der Waals surface area contributed by atoms with Crippen molar-refractivity contribution in [2.45, 2.75) is 4.90 Å². The highest BCUT2D eigenvalue weighted by atomic mass is 32.2. The number of nitrogens with one attached hydrogen (secondary N) is 1. The number of primary sulfonamides is 1. The summed E-state index contributed by atoms with van der Waals surface area (Å²) < 4.78 is 35.6. The van der Waals surface area contributed by atoms with Gasteiger partial charge in [0, 0.05) is 5.69 Å². The molecule has 0 aliphatic rings. The number of hydrogen-bond donors (Lipinski definition) is 3. The Morgan fingerprint density at radius 2 is 1.84 bits per heavy atom. The minimum atomic E-state index is -3.81. The molecule has 0 amide bonds. The van der Waals surface area contributed by atoms with Gasteiger partial charge in [-0.25, -0.2) is 17.9 Å². The number of anilines is 3. The number of nitrogen functional groups attached to an aromatic ring is 1. The third kappa shape index (κ3) is 3.21. The maximum absolute atomic E-state index is 13.1. The lowest BCUT2D eigenvalue weighted by Crippen LogP contribution is -2.12. The van der Waals surface area contributed by atoms with E-state index in [1.54, 1.807) is 6.07 Å². The largest absolute Gasteiger partial charge is 0.397 e. The lowest BCUT2D eigenvalue weighted by Gasteiger charge is -2.10. The van der Waals surface area contributed by atoms with Crippen LogP contribution in [-0.2, 0) is 10.0 Å². The van der Waals surface area contributed by atoms with Crippen LogP contribution < -0.4 is 16.2 Å². The molecule has 0 unspecified atom stereocenters. The van der Waals surface area contributed by atoms with Gasteiger partial charge in [-0.05, 0) is 36.4 Å². The van der Waals surface area contributed by atoms with Gasteiger partial charge in [0.2, 0.25) is 10.0 Å². The van der Waals surface area contributed by atoms with Crippen LogP contribution in [0.3, 0.4) is 0 Å². The summed E-state index contributed by atoms with van der Waals surface area (Å²) in [6, 6.07) is 9.75. The van der Waals surface area contributed by atoms with E-state index in [9.17, 15) is 12.8 Å². The van der Waals surface area contributed by atoms with Crippen molar-refractivity contribution in [1.82, 2.24) is 0 Å². The Bertz CT molecular complexity index is 717. The van der Waals surface area contributed by atoms with Crippen LogP contribution in [0.15, 0.2) is 47.4 Å². The summed E-state index contributed by atoms with van der Waals surface area (Å²) in [4.78, 5) is -0.0689. The monoisotopic (exact) mass is 281 g/mol. The molecule has 2 aromatic rings. The molecule has 5 nitrogen and oxygen atoms in total. The topological polar surface area (TPSA) is 98.2 Å². The molecule has 0 aromatic heterocycles. The molecule has 0 fully saturated rings. The second-order valence-electron chi connectivity index (χ2n) is 3.93. The van der Waals surface area contributed by atoms with Gasteiger partial charge in [0.1, 0.15) is 5.82 Å². The van der Waals surface area contributed by atoms with E-state index in [0.29, 0.717) is 17.1 Å². The SMILES string of the molecule is Nc1ccc(S(N)(=O)=O)cc1Nc1cccc(F)c1. The number of rotatable bonds is 3. The lowest BCUT2D eigenvalue weighted by molar-refractivity contribution is 0.598. The van der Waals surface area contributed by atoms with Gasteiger partial charge < -0.3 is 11.1 Å². The number of hydrogen-bond acceptors (Lipinski definition) is 4. The number of halogens is 1. The van der Waals surface area contributed by atoms with Gasteiger partial charge in [0.25, 0.3) is 0 Å². The first-order valence-electron chi connectivity index (χ1n) is 5.31. The summed E-state index contributed by atoms with van der Waals surface area (Å²) >= 11 is 0. The molecule has 0 heterocycles. The molecule has 19 heavy (non-hydrogen) atoms. The normalized spacial score (nSPS) is 11.3. The molecule has 0 atom stereocenters. The first-order chi connectivity index (χ1) is 8.86. The molecular weight excluding hydrogens is 269 g/mol. The van der Waals surface area contributed by atoms with Crippen LogP contribution in [0.5, 0.6) is 0 Å². The van der Waals surface area contributed by atoms with Crippen LogP contribution in [0.25, 0.3) is 0 Å². The Morgan fingerprint density at radius 1 is 1.11 bits per heavy atom. The van der Waals surface area contributed by atoms with Crippen LogP contribution in [-0.4, -0.2) is 8.42 Å². The summed E-state index contributed by atoms with van der Waals surface area (Å²) in [6.07, 6.45) is 0. The van der Waals surface area contributed by atoms with Gasteiger partial charge in [0.15, 0.2) is 0 Å². The van der Waals surface area contributed by atoms with Crippen LogP contribution >= 0.6 is 0 Å². The molecule has 0 radical (unpaired) electrons. The van der Waals surface area contributed by atoms with Crippen LogP contribution in [0.2, 0.25) is 0 Å². The van der Waals surface area contributed by atoms with Crippen molar-refractivity contribution in [1.29, 1.82) is 0 Å². The highest BCUT2D eigenvalue weighted by molar-refractivity contribution is 7.89. The summed E-state index contributed by atoms with van der Waals surface area (Å²) in [5.41, 5.74) is 6.86. The quantitative estimate of drug-likeness (QED) is 0.747. The Balaban J connectivity index is 2.40. The molecule has 2 aromatic carbocycles. The van der Waals surface area contributed by atoms with Crippen molar-refractivity contribution >= 4 is 27.1 Å². The number of benzene rings is 2. The van der Waals surface area contributed by atoms with Gasteiger partial charge in [-0.15, -0.1) is 0 Å². The van der Waals surface area contributed by atoms with Gasteiger partial charge in [-0.1, -0.05) is 6.07 Å². The van der Waals surface area contributed by atoms with E-state index in [1.807, 2.05) is 0 Å². The average Bonchev–Trinajstić information content (AvgIpc) is 2.30. The van der Waals surface area contributed by atoms with Crippen molar-refractivity contribution in [3.05, 3.63) is 48.3 Å². The van der Waals surface area contributed by atoms with Crippen molar-refractivity contribution < 1.29 is 12.8 Å². The summed E-state index contributed by atoms with van der Waals surface area (Å²) in [7, 11) is -3.81. The van der Waals surface area contributed by atoms with Crippen LogP contribution in [0.4, 0.5) is 21.5 Å². The Labute approximate surface area is 110 Å². The van der Waals surface area contributed by atoms with Crippen molar-refractivity contribution in [2.75, 3.05) is 11.1 Å². The average molecular weight is 281 g/mol. The van der Waals surface area contributed by atoms with Crippen molar-refractivity contribution in [3.63, 3.8) is 0 Å². The Hall–Kier alpha value is -2.12. The van der Waals surface area contributed by atoms with E-state index >= 15 is 0 Å². The maximum Gasteiger partial charge on any atom is 0.238 e. The second kappa shape index (κ2) is 4.87. The molecule has 0 saturated heterocycles. The maximum atomic E-state index is 13.1. The minimum Gasteiger partial charge on any atom is -0.397 e. The highest BCUT2D eigenvalue weighted by Crippen LogP contribution is 2.26. The zero-order valence-electron chi connectivity index (χ0n) is 9.80. The number of nitrogens with two attached hydrogens (primary N) is 2. The van der Waals surface area contributed by atoms with Crippen molar-refractivity contribution in [2.24, 2.45) is 5.14 Å². The Morgan fingerprint density at radius 3 is 2.47 bits per heavy atom. The van der Waals surface area contributed by atoms with E-state index in [4.69, 9.17) is 10.9 Å². The first kappa shape index (κ1) is 13.3. The third-order valence-corrected chi connectivity index (χ3v) is 3.37. The summed E-state index contributed by atoms with van der Waals surface area (Å²) in [5, 5.41) is 7.88. The second-order valence-corrected chi connectivity index (χ2v) is 5.49. The van der Waals surface area contributed by atoms with E-state index in [-0.39, 0.29) is 4.90 Å². The van der Waals surface area contributed by atoms with Gasteiger partial charge in [-0.2, -0.15) is 0 Å². The van der Waals surface area contributed by atoms with Gasteiger partial charge in [0.05, 0.1) is 16.3 Å². The minimum absolute atomic E-state index is 0.0689. The predicted octanol–water partition coefficient (Wildman–Crippen LogP) is 1.80. The molecular formula is C12H12FN3O2S. The molecule has 0 spiro atoms. The van der Waals surface area contributed by atoms with E-state index in [1.165, 1.54) is 36.4 Å². The van der Waals surface area contributed by atoms with Gasteiger partial charge in [-0.3, -0.25) is 0 Å². The zero-order chi connectivity index (χ0) is 14.0. The van der Waals surface area contributed by atoms with Crippen molar-refractivity contribution in [3.8, 4) is 0 Å². The lowest BCUT2D eigenvalue weighted by atomic mass is 10.2. The molecule has 5 N–H and O–H groups in total. The molecule has 100 valence electrons. The standard InChI is InChI=1S/C12H12FN3O2S/c13-8-2-1-3-9(6-8)16-12-7-10(19(15,17)18)4-5-11(12)14/h1-7,16H,14H2,(H2,15,17,18). The van der Waals surface area contributed by atoms with E-state index in [2.05, 4.69) is 5.32 Å². The molecule has 0 saturated carbocycles. The summed E-state index contributed by atoms with van der Waals surface area (Å²) in [5.74, 6) is -0.411. The molecule has 2 rings (SSSR count). The molecule has 0 aliphatic heterocycles. The third-order valence-electron chi connectivity index (χ3n) is 2.46. The first-order valence-corrected chi connectivity index (χ1v) is 6.86. The zero-order valence-corrected chi connectivity index (χ0v) is 10.6. The fourth-order valence-electron chi connectivity index (χ4n) is 1.54. The van der Waals surface area contributed by atoms with Crippen LogP contribution in [0.1, 0.15) is 0 Å². The van der Waals surface area contributed by atoms with E-state index < -0.39 is 15.8 Å². The van der Waals surface area contributed by atoms with Crippen LogP contribution in [0, 0.1) is 5.82 Å². The fraction of sp³-hybridized carbons (Fsp3) is 0. The Kier molecular flexibility index (Phi) is 3.41. The fourth-order valence-corrected chi connectivity index (χ4v) is 2.08. The highest BCUT2D eigenvalue weighted by Gasteiger charge is 2.10. The number of sulfonamides is 1. The predicted molar refractivity (Wildman–Crippen MR) is 71.9 cm³/mol. The molecule has 7 heteroatoms.